The van der Waals surface area contributed by atoms with Crippen molar-refractivity contribution in [1.82, 2.24) is 19.2 Å². The Labute approximate surface area is 220 Å². The normalized spacial score (nSPS) is 14.6. The number of amides is 2. The summed E-state index contributed by atoms with van der Waals surface area (Å²) in [5.74, 6) is 0.943. The minimum Gasteiger partial charge on any atom is -0.307 e. The maximum Gasteiger partial charge on any atom is 0.322 e. The van der Waals surface area contributed by atoms with Crippen LogP contribution in [0.5, 0.6) is 0 Å². The molecule has 1 aliphatic heterocycles. The number of nitrogens with zero attached hydrogens (tertiary/aromatic N) is 4. The Hall–Kier alpha value is -4.29. The second-order valence-electron chi connectivity index (χ2n) is 9.27. The van der Waals surface area contributed by atoms with Crippen LogP contribution in [0.2, 0.25) is 5.02 Å². The number of hydrogen-bond acceptors (Lipinski definition) is 2. The molecule has 0 unspecified atom stereocenters. The molecule has 6 rings (SSSR count). The van der Waals surface area contributed by atoms with Crippen LogP contribution < -0.4 is 5.32 Å². The Morgan fingerprint density at radius 3 is 2.43 bits per heavy atom. The second kappa shape index (κ2) is 9.30. The van der Waals surface area contributed by atoms with Gasteiger partial charge in [0, 0.05) is 22.5 Å². The lowest BCUT2D eigenvalue weighted by atomic mass is 10.0. The first kappa shape index (κ1) is 23.1. The summed E-state index contributed by atoms with van der Waals surface area (Å²) in [5, 5.41) is 8.61. The Bertz CT molecular complexity index is 1590. The van der Waals surface area contributed by atoms with Crippen molar-refractivity contribution in [2.75, 3.05) is 5.32 Å². The zero-order valence-electron chi connectivity index (χ0n) is 20.6. The summed E-state index contributed by atoms with van der Waals surface area (Å²) in [5.41, 5.74) is 6.50. The molecule has 0 saturated carbocycles. The lowest BCUT2D eigenvalue weighted by molar-refractivity contribution is 0.194. The fourth-order valence-corrected chi connectivity index (χ4v) is 5.22. The highest BCUT2D eigenvalue weighted by molar-refractivity contribution is 6.31. The van der Waals surface area contributed by atoms with E-state index in [2.05, 4.69) is 28.1 Å². The number of urea groups is 1. The molecule has 5 aromatic rings. The number of aryl methyl sites for hydroxylation is 2. The van der Waals surface area contributed by atoms with E-state index in [1.54, 1.807) is 6.07 Å². The summed E-state index contributed by atoms with van der Waals surface area (Å²) in [6.45, 7) is 4.35. The van der Waals surface area contributed by atoms with Crippen molar-refractivity contribution >= 4 is 23.3 Å². The van der Waals surface area contributed by atoms with Crippen LogP contribution >= 0.6 is 11.6 Å². The van der Waals surface area contributed by atoms with Gasteiger partial charge < -0.3 is 14.8 Å². The monoisotopic (exact) mass is 507 g/mol. The Balaban J connectivity index is 1.53. The molecule has 1 atom stereocenters. The standard InChI is InChI=1S/C30H26ClN5O/c1-20-15-16-23(31)18-26(20)32-30(37)35-19-25-21(2)33-36(24-12-7-4-8-13-24)29(25)34-17-9-14-27(34)28(35)22-10-5-3-6-11-22/h3-18,28H,19H2,1-2H3,(H,32,37)/t28-/m0/s1. The molecule has 3 heterocycles. The van der Waals surface area contributed by atoms with Gasteiger partial charge in [-0.1, -0.05) is 66.2 Å². The summed E-state index contributed by atoms with van der Waals surface area (Å²) < 4.78 is 4.14. The topological polar surface area (TPSA) is 55.1 Å². The third-order valence-electron chi connectivity index (χ3n) is 6.90. The first-order valence-electron chi connectivity index (χ1n) is 12.2. The summed E-state index contributed by atoms with van der Waals surface area (Å²) in [4.78, 5) is 15.9. The SMILES string of the molecule is Cc1ccc(Cl)cc1NC(=O)N1Cc2c(C)nn(-c3ccccc3)c2-n2cccc2[C@@H]1c1ccccc1. The van der Waals surface area contributed by atoms with Crippen molar-refractivity contribution in [3.63, 3.8) is 0 Å². The molecule has 2 aromatic heterocycles. The van der Waals surface area contributed by atoms with Gasteiger partial charge in [0.2, 0.25) is 0 Å². The van der Waals surface area contributed by atoms with Crippen LogP contribution in [0.15, 0.2) is 97.2 Å². The number of halogens is 1. The maximum atomic E-state index is 14.0. The van der Waals surface area contributed by atoms with Gasteiger partial charge in [0.25, 0.3) is 0 Å². The molecule has 0 saturated heterocycles. The molecule has 0 bridgehead atoms. The van der Waals surface area contributed by atoms with E-state index in [1.807, 2.05) is 96.4 Å². The van der Waals surface area contributed by atoms with Gasteiger partial charge in [-0.15, -0.1) is 0 Å². The molecule has 0 radical (unpaired) electrons. The Morgan fingerprint density at radius 2 is 1.68 bits per heavy atom. The molecule has 0 fully saturated rings. The van der Waals surface area contributed by atoms with E-state index in [0.29, 0.717) is 17.3 Å². The predicted molar refractivity (Wildman–Crippen MR) is 147 cm³/mol. The molecule has 184 valence electrons. The first-order chi connectivity index (χ1) is 18.0. The highest BCUT2D eigenvalue weighted by Crippen LogP contribution is 2.38. The molecular weight excluding hydrogens is 482 g/mol. The highest BCUT2D eigenvalue weighted by Gasteiger charge is 2.36. The molecule has 7 heteroatoms. The van der Waals surface area contributed by atoms with Crippen LogP contribution in [0.4, 0.5) is 10.5 Å². The fourth-order valence-electron chi connectivity index (χ4n) is 5.05. The number of rotatable bonds is 3. The van der Waals surface area contributed by atoms with Crippen molar-refractivity contribution in [3.05, 3.63) is 130 Å². The van der Waals surface area contributed by atoms with Crippen LogP contribution in [-0.4, -0.2) is 25.3 Å². The molecule has 3 aromatic carbocycles. The Kier molecular flexibility index (Phi) is 5.81. The van der Waals surface area contributed by atoms with Crippen LogP contribution in [0.1, 0.15) is 34.1 Å². The molecule has 6 nitrogen and oxygen atoms in total. The molecule has 2 amide bonds. The van der Waals surface area contributed by atoms with E-state index in [1.165, 1.54) is 0 Å². The molecule has 1 N–H and O–H groups in total. The Morgan fingerprint density at radius 1 is 0.946 bits per heavy atom. The molecular formula is C30H26ClN5O. The number of hydrogen-bond donors (Lipinski definition) is 1. The first-order valence-corrected chi connectivity index (χ1v) is 12.6. The van der Waals surface area contributed by atoms with Crippen LogP contribution in [0, 0.1) is 13.8 Å². The quantitative estimate of drug-likeness (QED) is 0.284. The number of fused-ring (bicyclic) bond motifs is 3. The van der Waals surface area contributed by atoms with Gasteiger partial charge in [-0.05, 0) is 61.4 Å². The van der Waals surface area contributed by atoms with E-state index < -0.39 is 0 Å². The number of anilines is 1. The van der Waals surface area contributed by atoms with Gasteiger partial charge in [0.1, 0.15) is 5.82 Å². The van der Waals surface area contributed by atoms with E-state index in [4.69, 9.17) is 16.7 Å². The molecule has 0 spiro atoms. The zero-order chi connectivity index (χ0) is 25.5. The summed E-state index contributed by atoms with van der Waals surface area (Å²) >= 11 is 6.26. The minimum atomic E-state index is -0.313. The van der Waals surface area contributed by atoms with E-state index >= 15 is 0 Å². The van der Waals surface area contributed by atoms with Gasteiger partial charge in [0.15, 0.2) is 0 Å². The summed E-state index contributed by atoms with van der Waals surface area (Å²) in [7, 11) is 0. The lowest BCUT2D eigenvalue weighted by Crippen LogP contribution is -2.38. The van der Waals surface area contributed by atoms with Crippen molar-refractivity contribution < 1.29 is 4.79 Å². The highest BCUT2D eigenvalue weighted by atomic mass is 35.5. The third-order valence-corrected chi connectivity index (χ3v) is 7.14. The van der Waals surface area contributed by atoms with Crippen molar-refractivity contribution in [2.24, 2.45) is 0 Å². The molecule has 1 aliphatic rings. The summed E-state index contributed by atoms with van der Waals surface area (Å²) in [6.07, 6.45) is 2.05. The number of aromatic nitrogens is 3. The molecule has 0 aliphatic carbocycles. The number of carbonyl (C=O) groups excluding carboxylic acids is 1. The number of carbonyl (C=O) groups is 1. The second-order valence-corrected chi connectivity index (χ2v) is 9.70. The smallest absolute Gasteiger partial charge is 0.307 e. The van der Waals surface area contributed by atoms with Crippen LogP contribution in [0.3, 0.4) is 0 Å². The number of benzene rings is 3. The maximum absolute atomic E-state index is 14.0. The van der Waals surface area contributed by atoms with Gasteiger partial charge in [-0.2, -0.15) is 5.10 Å². The van der Waals surface area contributed by atoms with E-state index in [9.17, 15) is 4.79 Å². The number of nitrogens with one attached hydrogen (secondary N) is 1. The van der Waals surface area contributed by atoms with E-state index in [0.717, 1.165) is 39.6 Å². The van der Waals surface area contributed by atoms with Crippen molar-refractivity contribution in [2.45, 2.75) is 26.4 Å². The minimum absolute atomic E-state index is 0.202. The van der Waals surface area contributed by atoms with Gasteiger partial charge in [-0.3, -0.25) is 0 Å². The van der Waals surface area contributed by atoms with Gasteiger partial charge in [0.05, 0.1) is 29.7 Å². The van der Waals surface area contributed by atoms with Crippen LogP contribution in [-0.2, 0) is 6.54 Å². The van der Waals surface area contributed by atoms with Crippen molar-refractivity contribution in [3.8, 4) is 11.5 Å². The summed E-state index contributed by atoms with van der Waals surface area (Å²) in [6, 6.07) is 29.3. The van der Waals surface area contributed by atoms with E-state index in [-0.39, 0.29) is 12.1 Å². The third kappa shape index (κ3) is 4.09. The molecule has 37 heavy (non-hydrogen) atoms. The average Bonchev–Trinajstić information content (AvgIpc) is 3.47. The largest absolute Gasteiger partial charge is 0.322 e. The van der Waals surface area contributed by atoms with Crippen molar-refractivity contribution in [1.29, 1.82) is 0 Å². The average molecular weight is 508 g/mol. The number of para-hydroxylation sites is 1. The lowest BCUT2D eigenvalue weighted by Gasteiger charge is -2.31. The zero-order valence-corrected chi connectivity index (χ0v) is 21.4. The van der Waals surface area contributed by atoms with Crippen LogP contribution in [0.25, 0.3) is 11.5 Å². The van der Waals surface area contributed by atoms with Gasteiger partial charge >= 0.3 is 6.03 Å². The van der Waals surface area contributed by atoms with Gasteiger partial charge in [-0.25, -0.2) is 9.48 Å². The fraction of sp³-hybridized carbons (Fsp3) is 0.133. The predicted octanol–water partition coefficient (Wildman–Crippen LogP) is 7.07.